The molecule has 114 valence electrons. The number of carbonyl (C=O) groups excluding carboxylic acids is 2. The van der Waals surface area contributed by atoms with Crippen LogP contribution in [0, 0.1) is 0 Å². The van der Waals surface area contributed by atoms with E-state index in [4.69, 9.17) is 5.11 Å². The molecule has 3 amide bonds. The molecule has 1 aliphatic heterocycles. The predicted octanol–water partition coefficient (Wildman–Crippen LogP) is 0.551. The highest BCUT2D eigenvalue weighted by Crippen LogP contribution is 2.07. The first-order valence-electron chi connectivity index (χ1n) is 6.98. The van der Waals surface area contributed by atoms with Crippen LogP contribution in [0.2, 0.25) is 0 Å². The highest BCUT2D eigenvalue weighted by Gasteiger charge is 2.19. The summed E-state index contributed by atoms with van der Waals surface area (Å²) in [5.41, 5.74) is 0. The molecule has 7 heteroatoms. The largest absolute Gasteiger partial charge is 0.481 e. The summed E-state index contributed by atoms with van der Waals surface area (Å²) >= 11 is 0. The van der Waals surface area contributed by atoms with Crippen LogP contribution in [-0.4, -0.2) is 54.1 Å². The molecule has 0 aliphatic carbocycles. The zero-order chi connectivity index (χ0) is 15.0. The van der Waals surface area contributed by atoms with Crippen molar-refractivity contribution in [1.82, 2.24) is 15.5 Å². The summed E-state index contributed by atoms with van der Waals surface area (Å²) in [6.07, 6.45) is 2.91. The Morgan fingerprint density at radius 3 is 2.35 bits per heavy atom. The first-order valence-corrected chi connectivity index (χ1v) is 6.98. The fraction of sp³-hybridized carbons (Fsp3) is 0.769. The minimum absolute atomic E-state index is 0.0507. The number of rotatable bonds is 6. The number of unbranched alkanes of at least 4 members (excludes halogenated alkanes) is 1. The molecule has 7 nitrogen and oxygen atoms in total. The summed E-state index contributed by atoms with van der Waals surface area (Å²) in [6.45, 7) is 1.88. The van der Waals surface area contributed by atoms with Gasteiger partial charge < -0.3 is 15.3 Å². The van der Waals surface area contributed by atoms with Gasteiger partial charge in [0, 0.05) is 18.9 Å². The van der Waals surface area contributed by atoms with Gasteiger partial charge in [0.15, 0.2) is 0 Å². The molecule has 1 saturated heterocycles. The number of urea groups is 1. The first kappa shape index (κ1) is 16.4. The number of carboxylic acid groups (broad SMARTS) is 1. The number of piperidine rings is 1. The summed E-state index contributed by atoms with van der Waals surface area (Å²) < 4.78 is 0. The van der Waals surface area contributed by atoms with Crippen LogP contribution in [0.4, 0.5) is 4.79 Å². The molecule has 0 radical (unpaired) electrons. The van der Waals surface area contributed by atoms with E-state index >= 15 is 0 Å². The Kier molecular flexibility index (Phi) is 7.00. The smallest absolute Gasteiger partial charge is 0.321 e. The quantitative estimate of drug-likeness (QED) is 0.619. The normalized spacial score (nSPS) is 16.6. The summed E-state index contributed by atoms with van der Waals surface area (Å²) in [5.74, 6) is -1.23. The van der Waals surface area contributed by atoms with Crippen molar-refractivity contribution >= 4 is 17.9 Å². The third-order valence-corrected chi connectivity index (χ3v) is 3.35. The second-order valence-electron chi connectivity index (χ2n) is 5.20. The molecule has 0 aromatic carbocycles. The van der Waals surface area contributed by atoms with Crippen LogP contribution in [-0.2, 0) is 9.59 Å². The lowest BCUT2D eigenvalue weighted by atomic mass is 10.1. The van der Waals surface area contributed by atoms with Crippen LogP contribution in [0.25, 0.3) is 0 Å². The highest BCUT2D eigenvalue weighted by atomic mass is 16.4. The molecule has 0 unspecified atom stereocenters. The Bertz CT molecular complexity index is 352. The van der Waals surface area contributed by atoms with Crippen LogP contribution in [0.5, 0.6) is 0 Å². The monoisotopic (exact) mass is 285 g/mol. The van der Waals surface area contributed by atoms with Gasteiger partial charge in [-0.3, -0.25) is 14.9 Å². The van der Waals surface area contributed by atoms with Crippen molar-refractivity contribution in [1.29, 1.82) is 0 Å². The maximum atomic E-state index is 11.6. The number of nitrogens with zero attached hydrogens (tertiary/aromatic N) is 1. The number of amides is 3. The van der Waals surface area contributed by atoms with Crippen molar-refractivity contribution < 1.29 is 19.5 Å². The fourth-order valence-electron chi connectivity index (χ4n) is 2.13. The maximum absolute atomic E-state index is 11.6. The van der Waals surface area contributed by atoms with Crippen molar-refractivity contribution in [3.8, 4) is 0 Å². The van der Waals surface area contributed by atoms with Crippen molar-refractivity contribution in [3.05, 3.63) is 0 Å². The van der Waals surface area contributed by atoms with E-state index in [9.17, 15) is 14.4 Å². The second kappa shape index (κ2) is 8.52. The standard InChI is InChI=1S/C13H23N3O4/c1-16-8-6-10(7-9-16)14-13(20)15-11(17)4-2-3-5-12(18)19/h10H,2-9H2,1H3,(H,18,19)(H2,14,15,17,20). The molecule has 0 atom stereocenters. The number of nitrogens with one attached hydrogen (secondary N) is 2. The molecule has 1 rings (SSSR count). The molecule has 3 N–H and O–H groups in total. The fourth-order valence-corrected chi connectivity index (χ4v) is 2.13. The topological polar surface area (TPSA) is 98.7 Å². The number of imide groups is 1. The number of likely N-dealkylation sites (tertiary alicyclic amines) is 1. The summed E-state index contributed by atoms with van der Waals surface area (Å²) in [4.78, 5) is 35.6. The summed E-state index contributed by atoms with van der Waals surface area (Å²) in [7, 11) is 2.04. The number of carbonyl (C=O) groups is 3. The Balaban J connectivity index is 2.11. The van der Waals surface area contributed by atoms with E-state index < -0.39 is 12.0 Å². The van der Waals surface area contributed by atoms with E-state index in [1.807, 2.05) is 7.05 Å². The van der Waals surface area contributed by atoms with E-state index in [1.54, 1.807) is 0 Å². The lowest BCUT2D eigenvalue weighted by Gasteiger charge is -2.29. The van der Waals surface area contributed by atoms with Crippen molar-refractivity contribution in [3.63, 3.8) is 0 Å². The van der Waals surface area contributed by atoms with E-state index in [-0.39, 0.29) is 24.8 Å². The molecule has 1 fully saturated rings. The molecule has 1 aliphatic rings. The zero-order valence-corrected chi connectivity index (χ0v) is 11.9. The third kappa shape index (κ3) is 7.08. The van der Waals surface area contributed by atoms with Crippen LogP contribution in [0.1, 0.15) is 38.5 Å². The minimum atomic E-state index is -0.870. The second-order valence-corrected chi connectivity index (χ2v) is 5.20. The minimum Gasteiger partial charge on any atom is -0.481 e. The maximum Gasteiger partial charge on any atom is 0.321 e. The number of aliphatic carboxylic acids is 1. The van der Waals surface area contributed by atoms with E-state index in [0.717, 1.165) is 25.9 Å². The van der Waals surface area contributed by atoms with Crippen LogP contribution >= 0.6 is 0 Å². The molecule has 0 saturated carbocycles. The van der Waals surface area contributed by atoms with Gasteiger partial charge in [-0.1, -0.05) is 0 Å². The van der Waals surface area contributed by atoms with Gasteiger partial charge >= 0.3 is 12.0 Å². The van der Waals surface area contributed by atoms with Crippen molar-refractivity contribution in [2.24, 2.45) is 0 Å². The third-order valence-electron chi connectivity index (χ3n) is 3.35. The average molecular weight is 285 g/mol. The Hall–Kier alpha value is -1.63. The van der Waals surface area contributed by atoms with Crippen molar-refractivity contribution in [2.45, 2.75) is 44.6 Å². The predicted molar refractivity (Wildman–Crippen MR) is 73.3 cm³/mol. The van der Waals surface area contributed by atoms with Gasteiger partial charge in [-0.05, 0) is 45.8 Å². The number of hydrogen-bond acceptors (Lipinski definition) is 4. The highest BCUT2D eigenvalue weighted by molar-refractivity contribution is 5.94. The van der Waals surface area contributed by atoms with E-state index in [2.05, 4.69) is 15.5 Å². The zero-order valence-electron chi connectivity index (χ0n) is 11.9. The van der Waals surface area contributed by atoms with Gasteiger partial charge in [0.1, 0.15) is 0 Å². The molecule has 1 heterocycles. The Morgan fingerprint density at radius 1 is 1.15 bits per heavy atom. The first-order chi connectivity index (χ1) is 9.47. The Morgan fingerprint density at radius 2 is 1.75 bits per heavy atom. The van der Waals surface area contributed by atoms with Gasteiger partial charge in [0.05, 0.1) is 0 Å². The molecule has 0 spiro atoms. The van der Waals surface area contributed by atoms with E-state index in [0.29, 0.717) is 12.8 Å². The average Bonchev–Trinajstić information content (AvgIpc) is 2.37. The van der Waals surface area contributed by atoms with E-state index in [1.165, 1.54) is 0 Å². The summed E-state index contributed by atoms with van der Waals surface area (Å²) in [5, 5.41) is 13.5. The van der Waals surface area contributed by atoms with Gasteiger partial charge in [0.2, 0.25) is 5.91 Å². The van der Waals surface area contributed by atoms with Crippen LogP contribution < -0.4 is 10.6 Å². The SMILES string of the molecule is CN1CCC(NC(=O)NC(=O)CCCCC(=O)O)CC1. The molecule has 20 heavy (non-hydrogen) atoms. The van der Waals surface area contributed by atoms with Crippen molar-refractivity contribution in [2.75, 3.05) is 20.1 Å². The molecule has 0 aromatic heterocycles. The Labute approximate surface area is 118 Å². The van der Waals surface area contributed by atoms with Gasteiger partial charge in [-0.2, -0.15) is 0 Å². The number of hydrogen-bond donors (Lipinski definition) is 3. The van der Waals surface area contributed by atoms with Crippen LogP contribution in [0.3, 0.4) is 0 Å². The van der Waals surface area contributed by atoms with Gasteiger partial charge in [-0.15, -0.1) is 0 Å². The lowest BCUT2D eigenvalue weighted by Crippen LogP contribution is -2.48. The van der Waals surface area contributed by atoms with Gasteiger partial charge in [-0.25, -0.2) is 4.79 Å². The van der Waals surface area contributed by atoms with Crippen LogP contribution in [0.15, 0.2) is 0 Å². The molecule has 0 aromatic rings. The lowest BCUT2D eigenvalue weighted by molar-refractivity contribution is -0.137. The molecular formula is C13H23N3O4. The van der Waals surface area contributed by atoms with Gasteiger partial charge in [0.25, 0.3) is 0 Å². The summed E-state index contributed by atoms with van der Waals surface area (Å²) in [6, 6.07) is -0.339. The molecular weight excluding hydrogens is 262 g/mol. The molecule has 0 bridgehead atoms. The number of carboxylic acids is 1.